The molecule has 1 aromatic rings. The third-order valence-electron chi connectivity index (χ3n) is 5.57. The van der Waals surface area contributed by atoms with E-state index in [1.165, 1.54) is 19.3 Å². The summed E-state index contributed by atoms with van der Waals surface area (Å²) in [7, 11) is 0. The summed E-state index contributed by atoms with van der Waals surface area (Å²) >= 11 is 0. The van der Waals surface area contributed by atoms with E-state index in [0.717, 1.165) is 31.2 Å². The molecule has 2 fully saturated rings. The number of carbonyl (C=O) groups excluding carboxylic acids is 2. The maximum absolute atomic E-state index is 12.5. The number of hydrogen-bond donors (Lipinski definition) is 2. The highest BCUT2D eigenvalue weighted by molar-refractivity contribution is 5.75. The average Bonchev–Trinajstić information content (AvgIpc) is 2.69. The summed E-state index contributed by atoms with van der Waals surface area (Å²) in [5, 5.41) is 2.92. The van der Waals surface area contributed by atoms with E-state index in [2.05, 4.69) is 5.32 Å². The van der Waals surface area contributed by atoms with Crippen LogP contribution in [0.5, 0.6) is 0 Å². The van der Waals surface area contributed by atoms with Gasteiger partial charge in [0.25, 0.3) is 0 Å². The summed E-state index contributed by atoms with van der Waals surface area (Å²) < 4.78 is 5.73. The maximum Gasteiger partial charge on any atom is 0.410 e. The van der Waals surface area contributed by atoms with E-state index in [0.29, 0.717) is 38.4 Å². The number of hydrogen-bond acceptors (Lipinski definition) is 4. The fourth-order valence-electron chi connectivity index (χ4n) is 3.77. The predicted octanol–water partition coefficient (Wildman–Crippen LogP) is 3.35. The number of ether oxygens (including phenoxy) is 1. The molecule has 0 aromatic heterocycles. The Bertz CT molecular complexity index is 634. The second-order valence-electron chi connectivity index (χ2n) is 7.73. The van der Waals surface area contributed by atoms with E-state index in [1.807, 2.05) is 24.3 Å². The number of piperazine rings is 1. The minimum absolute atomic E-state index is 0.0500. The Labute approximate surface area is 167 Å². The number of anilines is 1. The first-order valence-electron chi connectivity index (χ1n) is 10.4. The molecule has 0 unspecified atom stereocenters. The van der Waals surface area contributed by atoms with Crippen molar-refractivity contribution in [1.82, 2.24) is 15.1 Å². The van der Waals surface area contributed by atoms with Gasteiger partial charge in [-0.2, -0.15) is 0 Å². The quantitative estimate of drug-likeness (QED) is 0.778. The highest BCUT2D eigenvalue weighted by Crippen LogP contribution is 2.20. The molecule has 0 atom stereocenters. The number of rotatable bonds is 3. The molecule has 1 aromatic carbocycles. The van der Waals surface area contributed by atoms with Crippen LogP contribution in [0.25, 0.3) is 0 Å². The van der Waals surface area contributed by atoms with Gasteiger partial charge in [0.15, 0.2) is 0 Å². The number of nitrogens with two attached hydrogens (primary N) is 1. The Balaban J connectivity index is 1.38. The van der Waals surface area contributed by atoms with Crippen molar-refractivity contribution in [2.45, 2.75) is 57.6 Å². The molecule has 1 aliphatic carbocycles. The largest absolute Gasteiger partial charge is 0.446 e. The second kappa shape index (κ2) is 10.2. The third kappa shape index (κ3) is 6.04. The summed E-state index contributed by atoms with van der Waals surface area (Å²) in [6.07, 6.45) is 7.80. The lowest BCUT2D eigenvalue weighted by Gasteiger charge is -2.35. The van der Waals surface area contributed by atoms with Crippen LogP contribution in [0.15, 0.2) is 24.3 Å². The lowest BCUT2D eigenvalue weighted by molar-refractivity contribution is 0.0401. The number of benzene rings is 1. The third-order valence-corrected chi connectivity index (χ3v) is 5.57. The van der Waals surface area contributed by atoms with Crippen molar-refractivity contribution < 1.29 is 14.3 Å². The summed E-state index contributed by atoms with van der Waals surface area (Å²) in [5.41, 5.74) is 7.38. The van der Waals surface area contributed by atoms with E-state index in [9.17, 15) is 9.59 Å². The van der Waals surface area contributed by atoms with Gasteiger partial charge in [0.1, 0.15) is 6.10 Å². The fraction of sp³-hybridized carbons (Fsp3) is 0.619. The van der Waals surface area contributed by atoms with Crippen LogP contribution >= 0.6 is 0 Å². The first-order chi connectivity index (χ1) is 13.6. The lowest BCUT2D eigenvalue weighted by Crippen LogP contribution is -2.53. The monoisotopic (exact) mass is 388 g/mol. The van der Waals surface area contributed by atoms with Crippen LogP contribution in [0.3, 0.4) is 0 Å². The van der Waals surface area contributed by atoms with Gasteiger partial charge in [-0.15, -0.1) is 0 Å². The van der Waals surface area contributed by atoms with Gasteiger partial charge in [-0.1, -0.05) is 31.4 Å². The molecule has 0 bridgehead atoms. The normalized spacial score (nSPS) is 18.9. The average molecular weight is 389 g/mol. The smallest absolute Gasteiger partial charge is 0.410 e. The number of nitrogens with zero attached hydrogens (tertiary/aromatic N) is 2. The SMILES string of the molecule is Nc1ccc(CNC(=O)N2CCN(C(=O)OC3CCCCCCC3)CC2)cc1. The minimum Gasteiger partial charge on any atom is -0.446 e. The molecular weight excluding hydrogens is 356 g/mol. The van der Waals surface area contributed by atoms with E-state index in [1.54, 1.807) is 9.80 Å². The Morgan fingerprint density at radius 3 is 2.14 bits per heavy atom. The number of nitrogen functional groups attached to an aromatic ring is 1. The zero-order chi connectivity index (χ0) is 19.8. The van der Waals surface area contributed by atoms with Crippen LogP contribution in [-0.4, -0.2) is 54.2 Å². The highest BCUT2D eigenvalue weighted by atomic mass is 16.6. The van der Waals surface area contributed by atoms with Crippen molar-refractivity contribution in [1.29, 1.82) is 0 Å². The minimum atomic E-state index is -0.229. The molecule has 7 nitrogen and oxygen atoms in total. The number of nitrogens with one attached hydrogen (secondary N) is 1. The molecule has 0 radical (unpaired) electrons. The van der Waals surface area contributed by atoms with Gasteiger partial charge >= 0.3 is 12.1 Å². The highest BCUT2D eigenvalue weighted by Gasteiger charge is 2.26. The molecule has 28 heavy (non-hydrogen) atoms. The summed E-state index contributed by atoms with van der Waals surface area (Å²) in [6.45, 7) is 2.53. The molecule has 1 saturated heterocycles. The summed E-state index contributed by atoms with van der Waals surface area (Å²) in [5.74, 6) is 0. The Kier molecular flexibility index (Phi) is 7.39. The predicted molar refractivity (Wildman–Crippen MR) is 109 cm³/mol. The molecule has 3 amide bonds. The van der Waals surface area contributed by atoms with Crippen LogP contribution in [-0.2, 0) is 11.3 Å². The van der Waals surface area contributed by atoms with Crippen LogP contribution in [0.2, 0.25) is 0 Å². The fourth-order valence-corrected chi connectivity index (χ4v) is 3.77. The van der Waals surface area contributed by atoms with Gasteiger partial charge in [0.05, 0.1) is 0 Å². The van der Waals surface area contributed by atoms with Crippen LogP contribution in [0, 0.1) is 0 Å². The number of amides is 3. The van der Waals surface area contributed by atoms with Crippen molar-refractivity contribution in [3.8, 4) is 0 Å². The molecule has 7 heteroatoms. The van der Waals surface area contributed by atoms with E-state index < -0.39 is 0 Å². The Hall–Kier alpha value is -2.44. The standard InChI is InChI=1S/C21H32N4O3/c22-18-10-8-17(9-11-18)16-23-20(26)24-12-14-25(15-13-24)21(27)28-19-6-4-2-1-3-5-7-19/h8-11,19H,1-7,12-16,22H2,(H,23,26). The first-order valence-corrected chi connectivity index (χ1v) is 10.4. The molecule has 1 heterocycles. The first kappa shape index (κ1) is 20.3. The van der Waals surface area contributed by atoms with Crippen molar-refractivity contribution in [3.05, 3.63) is 29.8 Å². The van der Waals surface area contributed by atoms with Gasteiger partial charge in [-0.3, -0.25) is 0 Å². The molecule has 3 N–H and O–H groups in total. The van der Waals surface area contributed by atoms with Crippen LogP contribution < -0.4 is 11.1 Å². The van der Waals surface area contributed by atoms with Crippen molar-refractivity contribution in [2.75, 3.05) is 31.9 Å². The number of carbonyl (C=O) groups is 2. The molecule has 0 spiro atoms. The zero-order valence-corrected chi connectivity index (χ0v) is 16.6. The summed E-state index contributed by atoms with van der Waals surface area (Å²) in [4.78, 5) is 28.3. The van der Waals surface area contributed by atoms with Gasteiger partial charge in [-0.05, 0) is 43.4 Å². The van der Waals surface area contributed by atoms with Gasteiger partial charge in [-0.25, -0.2) is 9.59 Å². The van der Waals surface area contributed by atoms with Gasteiger partial charge in [0.2, 0.25) is 0 Å². The van der Waals surface area contributed by atoms with Gasteiger partial charge in [0, 0.05) is 38.4 Å². The molecule has 154 valence electrons. The zero-order valence-electron chi connectivity index (χ0n) is 16.6. The number of urea groups is 1. The Morgan fingerprint density at radius 2 is 1.50 bits per heavy atom. The van der Waals surface area contributed by atoms with Gasteiger partial charge < -0.3 is 25.6 Å². The second-order valence-corrected chi connectivity index (χ2v) is 7.73. The molecule has 2 aliphatic rings. The van der Waals surface area contributed by atoms with E-state index in [4.69, 9.17) is 10.5 Å². The van der Waals surface area contributed by atoms with Crippen LogP contribution in [0.1, 0.15) is 50.5 Å². The van der Waals surface area contributed by atoms with Crippen LogP contribution in [0.4, 0.5) is 15.3 Å². The lowest BCUT2D eigenvalue weighted by atomic mass is 9.99. The maximum atomic E-state index is 12.5. The molecule has 3 rings (SSSR count). The molecular formula is C21H32N4O3. The van der Waals surface area contributed by atoms with Crippen molar-refractivity contribution >= 4 is 17.8 Å². The molecule has 1 saturated carbocycles. The van der Waals surface area contributed by atoms with Crippen molar-refractivity contribution in [2.24, 2.45) is 0 Å². The molecule has 1 aliphatic heterocycles. The topological polar surface area (TPSA) is 87.9 Å². The summed E-state index contributed by atoms with van der Waals surface area (Å²) in [6, 6.07) is 7.34. The van der Waals surface area contributed by atoms with E-state index in [-0.39, 0.29) is 18.2 Å². The van der Waals surface area contributed by atoms with Crippen molar-refractivity contribution in [3.63, 3.8) is 0 Å². The Morgan fingerprint density at radius 1 is 0.929 bits per heavy atom. The van der Waals surface area contributed by atoms with E-state index >= 15 is 0 Å².